The zero-order valence-corrected chi connectivity index (χ0v) is 19.7. The van der Waals surface area contributed by atoms with Gasteiger partial charge in [-0.15, -0.1) is 24.3 Å². The summed E-state index contributed by atoms with van der Waals surface area (Å²) in [4.78, 5) is 11.8. The Morgan fingerprint density at radius 1 is 0.885 bits per heavy atom. The van der Waals surface area contributed by atoms with Gasteiger partial charge in [-0.3, -0.25) is 4.39 Å². The van der Waals surface area contributed by atoms with Crippen LogP contribution in [0, 0.1) is 19.3 Å². The number of hydrogen-bond donors (Lipinski definition) is 0. The molecule has 26 heavy (non-hydrogen) atoms. The van der Waals surface area contributed by atoms with Crippen LogP contribution < -0.4 is 0 Å². The Labute approximate surface area is 169 Å². The van der Waals surface area contributed by atoms with E-state index >= 15 is 0 Å². The first-order chi connectivity index (χ1) is 11.8. The fourth-order valence-electron chi connectivity index (χ4n) is 1.32. The summed E-state index contributed by atoms with van der Waals surface area (Å²) in [6.07, 6.45) is 0. The van der Waals surface area contributed by atoms with E-state index < -0.39 is 5.82 Å². The minimum atomic E-state index is -0.536. The first-order valence-electron chi connectivity index (χ1n) is 7.67. The summed E-state index contributed by atoms with van der Waals surface area (Å²) in [6, 6.07) is 15.5. The molecule has 0 N–H and O–H groups in total. The van der Waals surface area contributed by atoms with Gasteiger partial charge in [0.25, 0.3) is 0 Å². The number of ketones is 1. The molecule has 0 fully saturated rings. The van der Waals surface area contributed by atoms with Gasteiger partial charge in [0.15, 0.2) is 0 Å². The molecule has 0 saturated carbocycles. The third kappa shape index (κ3) is 16.8. The molecule has 0 amide bonds. The number of halogens is 2. The molecule has 0 heterocycles. The minimum absolute atomic E-state index is 0. The van der Waals surface area contributed by atoms with Crippen LogP contribution in [0.25, 0.3) is 0 Å². The van der Waals surface area contributed by atoms with Crippen LogP contribution in [0.4, 0.5) is 7.97 Å². The van der Waals surface area contributed by atoms with Gasteiger partial charge >= 0.3 is 19.8 Å². The molecular weight excluding hydrogens is 415 g/mol. The monoisotopic (exact) mass is 446 g/mol. The van der Waals surface area contributed by atoms with E-state index in [1.807, 2.05) is 6.07 Å². The van der Waals surface area contributed by atoms with Gasteiger partial charge in [-0.2, -0.15) is 0 Å². The van der Waals surface area contributed by atoms with Crippen LogP contribution in [-0.2, 0) is 16.2 Å². The van der Waals surface area contributed by atoms with Crippen molar-refractivity contribution in [3.05, 3.63) is 79.0 Å². The molecule has 2 aromatic carbocycles. The number of carbonyl (C=O) groups is 1. The van der Waals surface area contributed by atoms with Crippen LogP contribution >= 0.6 is 15.8 Å². The number of hydrogen-bond acceptors (Lipinski definition) is 1. The predicted molar refractivity (Wildman–Crippen MR) is 115 cm³/mol. The summed E-state index contributed by atoms with van der Waals surface area (Å²) >= 11 is 2.06. The van der Waals surface area contributed by atoms with E-state index in [0.29, 0.717) is 5.56 Å². The van der Waals surface area contributed by atoms with Crippen LogP contribution in [0.3, 0.4) is 0 Å². The standard InChI is InChI=1S/C13H8FO.2C3H9P.CH3.Co.FH/c14-12-9-5-4-8-11(12)13(15)10-6-2-1-3-7-10;2*1-4(2)3;;;/h1-7,9H;2*1-3H3;1H3;;1H/q-1;;;-1;+3;/p+1. The van der Waals surface area contributed by atoms with Crippen molar-refractivity contribution in [2.24, 2.45) is 0 Å². The maximum atomic E-state index is 13.3. The third-order valence-corrected chi connectivity index (χ3v) is 2.07. The zero-order valence-electron chi connectivity index (χ0n) is 16.6. The molecule has 0 atom stereocenters. The normalized spacial score (nSPS) is 8.73. The van der Waals surface area contributed by atoms with Crippen LogP contribution in [0.5, 0.6) is 0 Å². The zero-order chi connectivity index (χ0) is 19.8. The summed E-state index contributed by atoms with van der Waals surface area (Å²) in [7, 11) is 0.241. The third-order valence-electron chi connectivity index (χ3n) is 2.07. The average molecular weight is 446 g/mol. The molecule has 0 saturated heterocycles. The Hall–Kier alpha value is -0.664. The van der Waals surface area contributed by atoms with E-state index in [1.54, 1.807) is 24.3 Å². The first kappa shape index (κ1) is 30.1. The average Bonchev–Trinajstić information content (AvgIpc) is 2.56. The molecule has 0 spiro atoms. The van der Waals surface area contributed by atoms with E-state index in [-0.39, 0.29) is 34.6 Å². The van der Waals surface area contributed by atoms with E-state index in [2.05, 4.69) is 62.2 Å². The van der Waals surface area contributed by atoms with Gasteiger partial charge in [-0.1, -0.05) is 35.9 Å². The van der Waals surface area contributed by atoms with Crippen molar-refractivity contribution in [3.63, 3.8) is 0 Å². The summed E-state index contributed by atoms with van der Waals surface area (Å²) in [5.74, 6) is -0.875. The second-order valence-electron chi connectivity index (χ2n) is 6.09. The summed E-state index contributed by atoms with van der Waals surface area (Å²) in [5, 5.41) is 0. The molecule has 1 nitrogen and oxygen atoms in total. The Morgan fingerprint density at radius 3 is 1.69 bits per heavy atom. The molecule has 0 aliphatic rings. The second kappa shape index (κ2) is 19.1. The van der Waals surface area contributed by atoms with Gasteiger partial charge in [-0.05, 0) is 21.4 Å². The molecule has 0 bridgehead atoms. The first-order valence-corrected chi connectivity index (χ1v) is 14.1. The number of benzene rings is 2. The quantitative estimate of drug-likeness (QED) is 0.319. The Kier molecular flexibility index (Phi) is 22.1. The molecule has 148 valence electrons. The van der Waals surface area contributed by atoms with E-state index in [4.69, 9.17) is 0 Å². The summed E-state index contributed by atoms with van der Waals surface area (Å²) < 4.78 is 22.5. The Bertz CT molecular complexity index is 568. The van der Waals surface area contributed by atoms with Gasteiger partial charge < -0.3 is 12.2 Å². The summed E-state index contributed by atoms with van der Waals surface area (Å²) in [6.45, 7) is 13.6. The van der Waals surface area contributed by atoms with Crippen molar-refractivity contribution in [2.45, 2.75) is 0 Å². The van der Waals surface area contributed by atoms with E-state index in [0.717, 1.165) is 0 Å². The molecular formula is C20H31CoF2OP2+2. The Balaban J connectivity index is -0.000000407. The van der Waals surface area contributed by atoms with Crippen LogP contribution in [-0.4, -0.2) is 45.8 Å². The predicted octanol–water partition coefficient (Wildman–Crippen LogP) is 5.90. The molecule has 0 aliphatic heterocycles. The fourth-order valence-corrected chi connectivity index (χ4v) is 1.32. The van der Waals surface area contributed by atoms with Gasteiger partial charge in [0.05, 0.1) is 0 Å². The van der Waals surface area contributed by atoms with Crippen molar-refractivity contribution >= 4 is 21.6 Å². The van der Waals surface area contributed by atoms with Crippen LogP contribution in [0.2, 0.25) is 0 Å². The van der Waals surface area contributed by atoms with E-state index in [1.165, 1.54) is 18.2 Å². The van der Waals surface area contributed by atoms with Gasteiger partial charge in [0, 0.05) is 45.8 Å². The van der Waals surface area contributed by atoms with Crippen molar-refractivity contribution in [2.75, 3.05) is 40.0 Å². The number of carbonyl (C=O) groups excluding carboxylic acids is 1. The van der Waals surface area contributed by atoms with Crippen molar-refractivity contribution in [1.29, 1.82) is 0 Å². The van der Waals surface area contributed by atoms with Gasteiger partial charge in [0.1, 0.15) is 5.78 Å². The SMILES string of the molecule is C[PH+](C)C.C[PH+](C)C.O=C(c1ccccc1)c1[c-]cccc1F.[CH3-].[F][Co+2]. The van der Waals surface area contributed by atoms with Crippen molar-refractivity contribution in [3.8, 4) is 0 Å². The molecule has 2 aromatic rings. The second-order valence-corrected chi connectivity index (χ2v) is 12.1. The molecule has 0 aromatic heterocycles. The van der Waals surface area contributed by atoms with Crippen LogP contribution in [0.15, 0.2) is 48.5 Å². The Morgan fingerprint density at radius 2 is 1.31 bits per heavy atom. The van der Waals surface area contributed by atoms with Crippen LogP contribution in [0.1, 0.15) is 15.9 Å². The molecule has 0 unspecified atom stereocenters. The molecule has 6 heteroatoms. The number of rotatable bonds is 2. The fraction of sp³-hybridized carbons (Fsp3) is 0.300. The molecule has 0 radical (unpaired) electrons. The topological polar surface area (TPSA) is 17.1 Å². The molecule has 0 aliphatic carbocycles. The van der Waals surface area contributed by atoms with Gasteiger partial charge in [0.2, 0.25) is 0 Å². The maximum absolute atomic E-state index is 13.3. The van der Waals surface area contributed by atoms with Crippen molar-refractivity contribution in [1.82, 2.24) is 0 Å². The van der Waals surface area contributed by atoms with Gasteiger partial charge in [-0.25, -0.2) is 0 Å². The van der Waals surface area contributed by atoms with E-state index in [9.17, 15) is 12.8 Å². The van der Waals surface area contributed by atoms with Crippen molar-refractivity contribution < 1.29 is 29.0 Å². The summed E-state index contributed by atoms with van der Waals surface area (Å²) in [5.41, 5.74) is 0.461. The molecule has 2 rings (SSSR count).